The van der Waals surface area contributed by atoms with Crippen molar-refractivity contribution in [1.82, 2.24) is 0 Å². The van der Waals surface area contributed by atoms with E-state index >= 15 is 0 Å². The Morgan fingerprint density at radius 1 is 0.886 bits per heavy atom. The van der Waals surface area contributed by atoms with Gasteiger partial charge in [0.25, 0.3) is 0 Å². The number of carbonyl (C=O) groups excluding carboxylic acids is 2. The van der Waals surface area contributed by atoms with E-state index in [2.05, 4.69) is 34.6 Å². The molecule has 0 aliphatic heterocycles. The van der Waals surface area contributed by atoms with Gasteiger partial charge < -0.3 is 14.2 Å². The van der Waals surface area contributed by atoms with Gasteiger partial charge in [-0.3, -0.25) is 9.59 Å². The smallest absolute Gasteiger partial charge is 0.312 e. The summed E-state index contributed by atoms with van der Waals surface area (Å²) in [5.41, 5.74) is -0.215. The van der Waals surface area contributed by atoms with E-state index in [4.69, 9.17) is 14.2 Å². The SMILES string of the molecule is CC(C)(C)CC1(C(=O)OC2CCC3CCC(C(=O)OCOCC4CCCCC4)CC3C2)CC1(C)C. The van der Waals surface area contributed by atoms with Crippen LogP contribution < -0.4 is 0 Å². The lowest BCUT2D eigenvalue weighted by molar-refractivity contribution is -0.168. The quantitative estimate of drug-likeness (QED) is 0.207. The van der Waals surface area contributed by atoms with E-state index in [9.17, 15) is 9.59 Å². The Morgan fingerprint density at radius 2 is 1.57 bits per heavy atom. The first-order valence-electron chi connectivity index (χ1n) is 14.4. The van der Waals surface area contributed by atoms with Gasteiger partial charge in [0, 0.05) is 0 Å². The van der Waals surface area contributed by atoms with Crippen molar-refractivity contribution < 1.29 is 23.8 Å². The van der Waals surface area contributed by atoms with Crippen molar-refractivity contribution in [2.24, 2.45) is 39.9 Å². The molecule has 4 rings (SSSR count). The second kappa shape index (κ2) is 10.7. The summed E-state index contributed by atoms with van der Waals surface area (Å²) in [5, 5.41) is 0. The van der Waals surface area contributed by atoms with E-state index in [1.807, 2.05) is 0 Å². The molecule has 35 heavy (non-hydrogen) atoms. The summed E-state index contributed by atoms with van der Waals surface area (Å²) in [7, 11) is 0. The summed E-state index contributed by atoms with van der Waals surface area (Å²) in [5.74, 6) is 1.60. The van der Waals surface area contributed by atoms with Crippen molar-refractivity contribution in [2.45, 2.75) is 124 Å². The Balaban J connectivity index is 1.23. The fraction of sp³-hybridized carbons (Fsp3) is 0.933. The molecule has 0 bridgehead atoms. The van der Waals surface area contributed by atoms with Gasteiger partial charge in [0.15, 0.2) is 6.79 Å². The minimum atomic E-state index is -0.335. The summed E-state index contributed by atoms with van der Waals surface area (Å²) < 4.78 is 17.4. The summed E-state index contributed by atoms with van der Waals surface area (Å²) >= 11 is 0. The molecule has 0 aromatic rings. The zero-order valence-corrected chi connectivity index (χ0v) is 23.0. The highest BCUT2D eigenvalue weighted by Gasteiger charge is 2.68. The van der Waals surface area contributed by atoms with Crippen LogP contribution in [0.2, 0.25) is 0 Å². The molecule has 200 valence electrons. The Labute approximate surface area is 213 Å². The van der Waals surface area contributed by atoms with Gasteiger partial charge in [-0.25, -0.2) is 0 Å². The normalized spacial score (nSPS) is 35.1. The van der Waals surface area contributed by atoms with E-state index in [0.717, 1.165) is 51.4 Å². The average molecular weight is 491 g/mol. The zero-order valence-electron chi connectivity index (χ0n) is 23.0. The summed E-state index contributed by atoms with van der Waals surface area (Å²) in [6, 6.07) is 0. The Morgan fingerprint density at radius 3 is 2.23 bits per heavy atom. The molecule has 4 aliphatic carbocycles. The van der Waals surface area contributed by atoms with E-state index in [-0.39, 0.29) is 47.0 Å². The molecule has 0 saturated heterocycles. The lowest BCUT2D eigenvalue weighted by Gasteiger charge is -2.41. The molecule has 5 atom stereocenters. The first-order valence-corrected chi connectivity index (χ1v) is 14.4. The van der Waals surface area contributed by atoms with Gasteiger partial charge in [-0.15, -0.1) is 0 Å². The largest absolute Gasteiger partial charge is 0.462 e. The molecule has 0 amide bonds. The highest BCUT2D eigenvalue weighted by atomic mass is 16.7. The number of fused-ring (bicyclic) bond motifs is 1. The molecule has 0 aromatic heterocycles. The van der Waals surface area contributed by atoms with Gasteiger partial charge in [-0.1, -0.05) is 53.9 Å². The van der Waals surface area contributed by atoms with Gasteiger partial charge in [-0.05, 0) is 92.8 Å². The molecule has 0 heterocycles. The third-order valence-corrected chi connectivity index (χ3v) is 9.67. The molecule has 0 N–H and O–H groups in total. The van der Waals surface area contributed by atoms with Gasteiger partial charge in [0.1, 0.15) is 6.10 Å². The highest BCUT2D eigenvalue weighted by molar-refractivity contribution is 5.82. The van der Waals surface area contributed by atoms with Crippen LogP contribution in [0.25, 0.3) is 0 Å². The maximum absolute atomic E-state index is 13.4. The van der Waals surface area contributed by atoms with Gasteiger partial charge in [0.2, 0.25) is 0 Å². The van der Waals surface area contributed by atoms with Crippen molar-refractivity contribution in [1.29, 1.82) is 0 Å². The minimum Gasteiger partial charge on any atom is -0.462 e. The van der Waals surface area contributed by atoms with Crippen LogP contribution in [0, 0.1) is 39.9 Å². The van der Waals surface area contributed by atoms with E-state index in [1.54, 1.807) is 0 Å². The van der Waals surface area contributed by atoms with Crippen LogP contribution in [0.3, 0.4) is 0 Å². The average Bonchev–Trinajstić information content (AvgIpc) is 3.36. The molecular weight excluding hydrogens is 440 g/mol. The van der Waals surface area contributed by atoms with Crippen molar-refractivity contribution in [3.05, 3.63) is 0 Å². The lowest BCUT2D eigenvalue weighted by Crippen LogP contribution is -2.39. The molecule has 0 radical (unpaired) electrons. The summed E-state index contributed by atoms with van der Waals surface area (Å²) in [6.45, 7) is 11.8. The van der Waals surface area contributed by atoms with Crippen LogP contribution in [-0.4, -0.2) is 31.4 Å². The predicted molar refractivity (Wildman–Crippen MR) is 136 cm³/mol. The number of rotatable bonds is 8. The van der Waals surface area contributed by atoms with Crippen LogP contribution in [0.5, 0.6) is 0 Å². The third kappa shape index (κ3) is 6.62. The molecule has 4 saturated carbocycles. The number of esters is 2. The van der Waals surface area contributed by atoms with Gasteiger partial charge in [-0.2, -0.15) is 0 Å². The summed E-state index contributed by atoms with van der Waals surface area (Å²) in [4.78, 5) is 26.1. The summed E-state index contributed by atoms with van der Waals surface area (Å²) in [6.07, 6.45) is 14.0. The predicted octanol–water partition coefficient (Wildman–Crippen LogP) is 7.06. The molecule has 5 heteroatoms. The van der Waals surface area contributed by atoms with Crippen molar-refractivity contribution in [3.8, 4) is 0 Å². The fourth-order valence-corrected chi connectivity index (χ4v) is 7.56. The fourth-order valence-electron chi connectivity index (χ4n) is 7.56. The minimum absolute atomic E-state index is 0.00871. The number of ether oxygens (including phenoxy) is 3. The zero-order chi connectivity index (χ0) is 25.3. The maximum Gasteiger partial charge on any atom is 0.312 e. The van der Waals surface area contributed by atoms with Crippen LogP contribution in [-0.2, 0) is 23.8 Å². The number of carbonyl (C=O) groups is 2. The molecule has 5 unspecified atom stereocenters. The van der Waals surface area contributed by atoms with Crippen molar-refractivity contribution in [3.63, 3.8) is 0 Å². The molecule has 4 fully saturated rings. The Kier molecular flexibility index (Phi) is 8.25. The molecular formula is C30H50O5. The van der Waals surface area contributed by atoms with Gasteiger partial charge in [0.05, 0.1) is 17.9 Å². The van der Waals surface area contributed by atoms with Gasteiger partial charge >= 0.3 is 11.9 Å². The van der Waals surface area contributed by atoms with Crippen LogP contribution in [0.1, 0.15) is 118 Å². The molecule has 5 nitrogen and oxygen atoms in total. The van der Waals surface area contributed by atoms with Crippen LogP contribution in [0.4, 0.5) is 0 Å². The van der Waals surface area contributed by atoms with E-state index in [1.165, 1.54) is 32.1 Å². The third-order valence-electron chi connectivity index (χ3n) is 9.67. The molecule has 0 aromatic carbocycles. The maximum atomic E-state index is 13.4. The van der Waals surface area contributed by atoms with Crippen molar-refractivity contribution in [2.75, 3.05) is 13.4 Å². The number of hydrogen-bond acceptors (Lipinski definition) is 5. The second-order valence-electron chi connectivity index (χ2n) is 14.2. The molecule has 0 spiro atoms. The molecule has 4 aliphatic rings. The van der Waals surface area contributed by atoms with Crippen LogP contribution >= 0.6 is 0 Å². The van der Waals surface area contributed by atoms with E-state index < -0.39 is 0 Å². The highest BCUT2D eigenvalue weighted by Crippen LogP contribution is 2.68. The topological polar surface area (TPSA) is 61.8 Å². The second-order valence-corrected chi connectivity index (χ2v) is 14.2. The van der Waals surface area contributed by atoms with Crippen LogP contribution in [0.15, 0.2) is 0 Å². The van der Waals surface area contributed by atoms with Crippen molar-refractivity contribution >= 4 is 11.9 Å². The van der Waals surface area contributed by atoms with E-state index in [0.29, 0.717) is 24.4 Å². The monoisotopic (exact) mass is 490 g/mol. The Bertz CT molecular complexity index is 746. The first-order chi connectivity index (χ1) is 16.5. The lowest BCUT2D eigenvalue weighted by atomic mass is 9.67. The number of hydrogen-bond donors (Lipinski definition) is 0. The first kappa shape index (κ1) is 26.9. The standard InChI is InChI=1S/C30H50O5/c1-28(2,3)18-30(19-29(30,4)5)27(32)35-25-14-13-22-11-12-23(15-24(22)16-25)26(31)34-20-33-17-21-9-7-6-8-10-21/h21-25H,6-20H2,1-5H3. The Hall–Kier alpha value is -1.10.